The molecule has 0 aliphatic heterocycles. The molecule has 0 saturated carbocycles. The first kappa shape index (κ1) is 17.9. The number of hydrogen-bond donors (Lipinski definition) is 1. The molecule has 4 aromatic rings. The number of benzene rings is 3. The number of nitrogens with zero attached hydrogens (tertiary/aromatic N) is 3. The number of hydrogen-bond acceptors (Lipinski definition) is 4. The van der Waals surface area contributed by atoms with E-state index in [-0.39, 0.29) is 5.91 Å². The third kappa shape index (κ3) is 3.80. The summed E-state index contributed by atoms with van der Waals surface area (Å²) in [6.07, 6.45) is 0. The standard InChI is InChI=1S/C22H17ClN4O/c23-19-14-8-7-13-18(19)15-24-22-25-20(16-9-3-1-4-10-16)26-27(22)21(28)17-11-5-2-6-12-17/h1-14H,15H2,(H,24,25,26). The fourth-order valence-electron chi connectivity index (χ4n) is 2.80. The van der Waals surface area contributed by atoms with Gasteiger partial charge in [0.15, 0.2) is 5.82 Å². The maximum Gasteiger partial charge on any atom is 0.281 e. The SMILES string of the molecule is O=C(c1ccccc1)n1nc(-c2ccccc2)nc1NCc1ccccc1Cl. The largest absolute Gasteiger partial charge is 0.350 e. The molecule has 0 bridgehead atoms. The molecule has 3 aromatic carbocycles. The summed E-state index contributed by atoms with van der Waals surface area (Å²) in [5, 5.41) is 8.30. The van der Waals surface area contributed by atoms with Crippen molar-refractivity contribution in [2.75, 3.05) is 5.32 Å². The van der Waals surface area contributed by atoms with Crippen LogP contribution in [0.2, 0.25) is 5.02 Å². The first-order chi connectivity index (χ1) is 13.7. The summed E-state index contributed by atoms with van der Waals surface area (Å²) >= 11 is 6.24. The number of rotatable bonds is 5. The van der Waals surface area contributed by atoms with E-state index in [0.29, 0.717) is 28.9 Å². The monoisotopic (exact) mass is 388 g/mol. The predicted octanol–water partition coefficient (Wildman–Crippen LogP) is 4.90. The summed E-state index contributed by atoms with van der Waals surface area (Å²) in [4.78, 5) is 17.5. The van der Waals surface area contributed by atoms with Crippen LogP contribution >= 0.6 is 11.6 Å². The Labute approximate surface area is 167 Å². The van der Waals surface area contributed by atoms with Gasteiger partial charge in [-0.25, -0.2) is 0 Å². The molecular weight excluding hydrogens is 372 g/mol. The summed E-state index contributed by atoms with van der Waals surface area (Å²) in [5.41, 5.74) is 2.28. The van der Waals surface area contributed by atoms with Crippen molar-refractivity contribution in [1.29, 1.82) is 0 Å². The van der Waals surface area contributed by atoms with E-state index in [1.54, 1.807) is 12.1 Å². The Morgan fingerprint density at radius 2 is 1.54 bits per heavy atom. The van der Waals surface area contributed by atoms with Gasteiger partial charge >= 0.3 is 0 Å². The summed E-state index contributed by atoms with van der Waals surface area (Å²) in [5.74, 6) is 0.594. The van der Waals surface area contributed by atoms with Crippen LogP contribution in [0.4, 0.5) is 5.95 Å². The fraction of sp³-hybridized carbons (Fsp3) is 0.0455. The van der Waals surface area contributed by atoms with Crippen LogP contribution in [0.15, 0.2) is 84.9 Å². The zero-order valence-corrected chi connectivity index (χ0v) is 15.7. The third-order valence-electron chi connectivity index (χ3n) is 4.25. The second-order valence-corrected chi connectivity index (χ2v) is 6.56. The number of aromatic nitrogens is 3. The highest BCUT2D eigenvalue weighted by molar-refractivity contribution is 6.31. The molecule has 0 saturated heterocycles. The van der Waals surface area contributed by atoms with E-state index in [2.05, 4.69) is 15.4 Å². The van der Waals surface area contributed by atoms with E-state index in [0.717, 1.165) is 11.1 Å². The zero-order chi connectivity index (χ0) is 19.3. The Hall–Kier alpha value is -3.44. The summed E-state index contributed by atoms with van der Waals surface area (Å²) in [6.45, 7) is 0.425. The molecule has 28 heavy (non-hydrogen) atoms. The Balaban J connectivity index is 1.70. The lowest BCUT2D eigenvalue weighted by molar-refractivity contribution is 0.0947. The van der Waals surface area contributed by atoms with E-state index in [4.69, 9.17) is 11.6 Å². The molecule has 1 N–H and O–H groups in total. The Morgan fingerprint density at radius 1 is 0.893 bits per heavy atom. The Kier molecular flexibility index (Phi) is 5.17. The molecule has 0 amide bonds. The van der Waals surface area contributed by atoms with Gasteiger partial charge in [0.05, 0.1) is 0 Å². The lowest BCUT2D eigenvalue weighted by atomic mass is 10.2. The van der Waals surface area contributed by atoms with Crippen molar-refractivity contribution in [2.24, 2.45) is 0 Å². The second kappa shape index (κ2) is 8.06. The highest BCUT2D eigenvalue weighted by Gasteiger charge is 2.18. The molecule has 1 heterocycles. The Morgan fingerprint density at radius 3 is 2.25 bits per heavy atom. The molecule has 0 aliphatic rings. The van der Waals surface area contributed by atoms with Crippen LogP contribution in [0, 0.1) is 0 Å². The molecule has 0 fully saturated rings. The molecule has 1 aromatic heterocycles. The topological polar surface area (TPSA) is 59.8 Å². The highest BCUT2D eigenvalue weighted by atomic mass is 35.5. The molecule has 0 atom stereocenters. The zero-order valence-electron chi connectivity index (χ0n) is 14.9. The van der Waals surface area contributed by atoms with Crippen molar-refractivity contribution < 1.29 is 4.79 Å². The maximum atomic E-state index is 13.0. The summed E-state index contributed by atoms with van der Waals surface area (Å²) in [6, 6.07) is 26.1. The lowest BCUT2D eigenvalue weighted by Gasteiger charge is -2.08. The van der Waals surface area contributed by atoms with Crippen molar-refractivity contribution in [3.8, 4) is 11.4 Å². The van der Waals surface area contributed by atoms with Gasteiger partial charge in [0.2, 0.25) is 5.95 Å². The number of carbonyl (C=O) groups is 1. The van der Waals surface area contributed by atoms with Gasteiger partial charge in [0.1, 0.15) is 0 Å². The molecule has 0 aliphatic carbocycles. The van der Waals surface area contributed by atoms with Gasteiger partial charge in [0.25, 0.3) is 5.91 Å². The van der Waals surface area contributed by atoms with Gasteiger partial charge in [-0.3, -0.25) is 4.79 Å². The van der Waals surface area contributed by atoms with E-state index in [1.807, 2.05) is 72.8 Å². The van der Waals surface area contributed by atoms with E-state index < -0.39 is 0 Å². The first-order valence-corrected chi connectivity index (χ1v) is 9.19. The maximum absolute atomic E-state index is 13.0. The van der Waals surface area contributed by atoms with E-state index in [9.17, 15) is 4.79 Å². The molecule has 138 valence electrons. The van der Waals surface area contributed by atoms with Crippen molar-refractivity contribution in [1.82, 2.24) is 14.8 Å². The minimum atomic E-state index is -0.253. The van der Waals surface area contributed by atoms with Crippen LogP contribution in [0.5, 0.6) is 0 Å². The predicted molar refractivity (Wildman–Crippen MR) is 110 cm³/mol. The van der Waals surface area contributed by atoms with Crippen LogP contribution in [0.25, 0.3) is 11.4 Å². The average molecular weight is 389 g/mol. The number of nitrogens with one attached hydrogen (secondary N) is 1. The summed E-state index contributed by atoms with van der Waals surface area (Å²) in [7, 11) is 0. The quantitative estimate of drug-likeness (QED) is 0.528. The lowest BCUT2D eigenvalue weighted by Crippen LogP contribution is -2.17. The summed E-state index contributed by atoms with van der Waals surface area (Å²) < 4.78 is 1.30. The van der Waals surface area contributed by atoms with Crippen molar-refractivity contribution in [3.63, 3.8) is 0 Å². The third-order valence-corrected chi connectivity index (χ3v) is 4.62. The van der Waals surface area contributed by atoms with Crippen LogP contribution in [0.1, 0.15) is 15.9 Å². The van der Waals surface area contributed by atoms with Gasteiger partial charge < -0.3 is 5.32 Å². The molecule has 0 spiro atoms. The smallest absolute Gasteiger partial charge is 0.281 e. The first-order valence-electron chi connectivity index (χ1n) is 8.82. The van der Waals surface area contributed by atoms with Gasteiger partial charge in [-0.15, -0.1) is 5.10 Å². The number of anilines is 1. The molecular formula is C22H17ClN4O. The normalized spacial score (nSPS) is 10.6. The minimum absolute atomic E-state index is 0.253. The molecule has 5 nitrogen and oxygen atoms in total. The highest BCUT2D eigenvalue weighted by Crippen LogP contribution is 2.21. The molecule has 0 radical (unpaired) electrons. The van der Waals surface area contributed by atoms with Crippen LogP contribution in [0.3, 0.4) is 0 Å². The van der Waals surface area contributed by atoms with Crippen LogP contribution < -0.4 is 5.32 Å². The van der Waals surface area contributed by atoms with Crippen molar-refractivity contribution >= 4 is 23.5 Å². The van der Waals surface area contributed by atoms with E-state index >= 15 is 0 Å². The fourth-order valence-corrected chi connectivity index (χ4v) is 3.00. The number of carbonyl (C=O) groups excluding carboxylic acids is 1. The minimum Gasteiger partial charge on any atom is -0.350 e. The molecule has 6 heteroatoms. The van der Waals surface area contributed by atoms with Crippen LogP contribution in [-0.4, -0.2) is 20.7 Å². The average Bonchev–Trinajstić information content (AvgIpc) is 3.18. The van der Waals surface area contributed by atoms with Gasteiger partial charge in [-0.2, -0.15) is 9.67 Å². The van der Waals surface area contributed by atoms with Crippen LogP contribution in [-0.2, 0) is 6.54 Å². The van der Waals surface area contributed by atoms with Gasteiger partial charge in [0, 0.05) is 22.7 Å². The molecule has 0 unspecified atom stereocenters. The van der Waals surface area contributed by atoms with Crippen molar-refractivity contribution in [2.45, 2.75) is 6.54 Å². The van der Waals surface area contributed by atoms with Gasteiger partial charge in [-0.1, -0.05) is 78.3 Å². The van der Waals surface area contributed by atoms with Gasteiger partial charge in [-0.05, 0) is 23.8 Å². The Bertz CT molecular complexity index is 1090. The van der Waals surface area contributed by atoms with Crippen molar-refractivity contribution in [3.05, 3.63) is 101 Å². The van der Waals surface area contributed by atoms with E-state index in [1.165, 1.54) is 4.68 Å². The number of halogens is 1. The molecule has 4 rings (SSSR count). The second-order valence-electron chi connectivity index (χ2n) is 6.15.